The number of amides is 1. The number of carbonyl (C=O) groups is 1. The Morgan fingerprint density at radius 3 is 2.87 bits per heavy atom. The molecule has 4 nitrogen and oxygen atoms in total. The van der Waals surface area contributed by atoms with E-state index in [1.165, 1.54) is 0 Å². The fraction of sp³-hybridized carbons (Fsp3) is 0.273. The first kappa shape index (κ1) is 11.1. The van der Waals surface area contributed by atoms with Gasteiger partial charge in [0.1, 0.15) is 6.07 Å². The highest BCUT2D eigenvalue weighted by molar-refractivity contribution is 5.76. The Bertz CT molecular complexity index is 382. The summed E-state index contributed by atoms with van der Waals surface area (Å²) in [6.45, 7) is 0.526. The molecule has 0 radical (unpaired) electrons. The van der Waals surface area contributed by atoms with Gasteiger partial charge in [-0.15, -0.1) is 0 Å². The fourth-order valence-corrected chi connectivity index (χ4v) is 1.17. The van der Waals surface area contributed by atoms with E-state index in [-0.39, 0.29) is 5.91 Å². The zero-order chi connectivity index (χ0) is 11.1. The van der Waals surface area contributed by atoms with Crippen LogP contribution in [0.15, 0.2) is 24.3 Å². The van der Waals surface area contributed by atoms with E-state index in [9.17, 15) is 4.79 Å². The van der Waals surface area contributed by atoms with Gasteiger partial charge in [0.15, 0.2) is 0 Å². The molecule has 0 saturated carbocycles. The van der Waals surface area contributed by atoms with E-state index in [0.29, 0.717) is 18.5 Å². The van der Waals surface area contributed by atoms with E-state index < -0.39 is 0 Å². The van der Waals surface area contributed by atoms with Crippen molar-refractivity contribution in [2.75, 3.05) is 18.9 Å². The number of nitrogens with one attached hydrogen (secondary N) is 2. The van der Waals surface area contributed by atoms with Crippen LogP contribution in [0.25, 0.3) is 0 Å². The second-order valence-electron chi connectivity index (χ2n) is 3.01. The van der Waals surface area contributed by atoms with E-state index in [0.717, 1.165) is 5.69 Å². The smallest absolute Gasteiger partial charge is 0.221 e. The van der Waals surface area contributed by atoms with Gasteiger partial charge in [0.05, 0.1) is 11.3 Å². The van der Waals surface area contributed by atoms with Crippen molar-refractivity contribution >= 4 is 11.6 Å². The van der Waals surface area contributed by atoms with E-state index in [2.05, 4.69) is 16.7 Å². The number of para-hydroxylation sites is 1. The Morgan fingerprint density at radius 2 is 2.20 bits per heavy atom. The van der Waals surface area contributed by atoms with Crippen LogP contribution in [-0.2, 0) is 4.79 Å². The summed E-state index contributed by atoms with van der Waals surface area (Å²) in [6.07, 6.45) is 0.399. The van der Waals surface area contributed by atoms with Crippen LogP contribution >= 0.6 is 0 Å². The number of rotatable bonds is 4. The summed E-state index contributed by atoms with van der Waals surface area (Å²) in [4.78, 5) is 10.9. The van der Waals surface area contributed by atoms with Crippen molar-refractivity contribution in [3.63, 3.8) is 0 Å². The average Bonchev–Trinajstić information content (AvgIpc) is 2.29. The summed E-state index contributed by atoms with van der Waals surface area (Å²) in [5, 5.41) is 14.4. The maximum atomic E-state index is 10.9. The van der Waals surface area contributed by atoms with Gasteiger partial charge in [-0.3, -0.25) is 4.79 Å². The molecule has 0 heterocycles. The fourth-order valence-electron chi connectivity index (χ4n) is 1.17. The number of carbonyl (C=O) groups excluding carboxylic acids is 1. The third kappa shape index (κ3) is 3.31. The van der Waals surface area contributed by atoms with Crippen molar-refractivity contribution in [3.05, 3.63) is 29.8 Å². The Balaban J connectivity index is 2.51. The molecule has 0 aliphatic carbocycles. The Hall–Kier alpha value is -2.02. The first-order valence-corrected chi connectivity index (χ1v) is 4.71. The summed E-state index contributed by atoms with van der Waals surface area (Å²) < 4.78 is 0. The highest BCUT2D eigenvalue weighted by atomic mass is 16.1. The molecule has 1 aromatic rings. The second kappa shape index (κ2) is 5.66. The standard InChI is InChI=1S/C11H13N3O/c1-13-11(15)6-7-14-10-5-3-2-4-9(10)8-12/h2-5,14H,6-7H2,1H3,(H,13,15). The van der Waals surface area contributed by atoms with E-state index in [1.54, 1.807) is 13.1 Å². The van der Waals surface area contributed by atoms with Crippen LogP contribution in [0.4, 0.5) is 5.69 Å². The van der Waals surface area contributed by atoms with Gasteiger partial charge >= 0.3 is 0 Å². The second-order valence-corrected chi connectivity index (χ2v) is 3.01. The van der Waals surface area contributed by atoms with Crippen LogP contribution in [0.1, 0.15) is 12.0 Å². The monoisotopic (exact) mass is 203 g/mol. The van der Waals surface area contributed by atoms with Gasteiger partial charge in [0, 0.05) is 20.0 Å². The largest absolute Gasteiger partial charge is 0.383 e. The summed E-state index contributed by atoms with van der Waals surface area (Å²) in [5.74, 6) is -0.0167. The number of benzene rings is 1. The van der Waals surface area contributed by atoms with Crippen molar-refractivity contribution in [1.29, 1.82) is 5.26 Å². The molecule has 0 spiro atoms. The zero-order valence-electron chi connectivity index (χ0n) is 8.58. The van der Waals surface area contributed by atoms with Crippen molar-refractivity contribution in [1.82, 2.24) is 5.32 Å². The molecular formula is C11H13N3O. The third-order valence-corrected chi connectivity index (χ3v) is 1.99. The lowest BCUT2D eigenvalue weighted by Crippen LogP contribution is -2.20. The summed E-state index contributed by atoms with van der Waals surface area (Å²) in [7, 11) is 1.60. The molecule has 15 heavy (non-hydrogen) atoms. The Morgan fingerprint density at radius 1 is 1.47 bits per heavy atom. The topological polar surface area (TPSA) is 64.9 Å². The summed E-state index contributed by atoms with van der Waals surface area (Å²) >= 11 is 0. The molecule has 0 fully saturated rings. The molecule has 0 unspecified atom stereocenters. The molecular weight excluding hydrogens is 190 g/mol. The number of anilines is 1. The first-order valence-electron chi connectivity index (χ1n) is 4.71. The Labute approximate surface area is 88.9 Å². The maximum absolute atomic E-state index is 10.9. The lowest BCUT2D eigenvalue weighted by atomic mass is 10.2. The van der Waals surface area contributed by atoms with Crippen molar-refractivity contribution in [3.8, 4) is 6.07 Å². The first-order chi connectivity index (χ1) is 7.27. The van der Waals surface area contributed by atoms with Crippen LogP contribution in [0.3, 0.4) is 0 Å². The van der Waals surface area contributed by atoms with Crippen molar-refractivity contribution < 1.29 is 4.79 Å². The van der Waals surface area contributed by atoms with Crippen LogP contribution in [0.2, 0.25) is 0 Å². The number of nitriles is 1. The van der Waals surface area contributed by atoms with E-state index in [4.69, 9.17) is 5.26 Å². The number of nitrogens with zero attached hydrogens (tertiary/aromatic N) is 1. The SMILES string of the molecule is CNC(=O)CCNc1ccccc1C#N. The summed E-state index contributed by atoms with van der Waals surface area (Å²) in [6, 6.07) is 9.30. The van der Waals surface area contributed by atoms with Gasteiger partial charge in [-0.25, -0.2) is 0 Å². The van der Waals surface area contributed by atoms with Crippen LogP contribution in [0.5, 0.6) is 0 Å². The Kier molecular flexibility index (Phi) is 4.17. The zero-order valence-corrected chi connectivity index (χ0v) is 8.58. The average molecular weight is 203 g/mol. The molecule has 0 bridgehead atoms. The van der Waals surface area contributed by atoms with Crippen LogP contribution in [0, 0.1) is 11.3 Å². The summed E-state index contributed by atoms with van der Waals surface area (Å²) in [5.41, 5.74) is 1.36. The molecule has 1 rings (SSSR count). The minimum atomic E-state index is -0.0167. The quantitative estimate of drug-likeness (QED) is 0.770. The van der Waals surface area contributed by atoms with Gasteiger partial charge < -0.3 is 10.6 Å². The van der Waals surface area contributed by atoms with Gasteiger partial charge in [-0.1, -0.05) is 12.1 Å². The minimum absolute atomic E-state index is 0.0167. The molecule has 0 aliphatic heterocycles. The molecule has 0 aliphatic rings. The van der Waals surface area contributed by atoms with Gasteiger partial charge in [0.25, 0.3) is 0 Å². The molecule has 0 saturated heterocycles. The third-order valence-electron chi connectivity index (χ3n) is 1.99. The highest BCUT2D eigenvalue weighted by Gasteiger charge is 2.01. The molecule has 1 aromatic carbocycles. The van der Waals surface area contributed by atoms with Crippen LogP contribution in [-0.4, -0.2) is 19.5 Å². The lowest BCUT2D eigenvalue weighted by Gasteiger charge is -2.06. The van der Waals surface area contributed by atoms with E-state index >= 15 is 0 Å². The normalized spacial score (nSPS) is 9.07. The highest BCUT2D eigenvalue weighted by Crippen LogP contribution is 2.12. The van der Waals surface area contributed by atoms with Crippen LogP contribution < -0.4 is 10.6 Å². The number of hydrogen-bond acceptors (Lipinski definition) is 3. The van der Waals surface area contributed by atoms with Gasteiger partial charge in [-0.2, -0.15) is 5.26 Å². The maximum Gasteiger partial charge on any atom is 0.221 e. The molecule has 4 heteroatoms. The van der Waals surface area contributed by atoms with E-state index in [1.807, 2.05) is 18.2 Å². The van der Waals surface area contributed by atoms with Gasteiger partial charge in [-0.05, 0) is 12.1 Å². The van der Waals surface area contributed by atoms with Crippen molar-refractivity contribution in [2.24, 2.45) is 0 Å². The predicted molar refractivity (Wildman–Crippen MR) is 58.3 cm³/mol. The minimum Gasteiger partial charge on any atom is -0.383 e. The van der Waals surface area contributed by atoms with Gasteiger partial charge in [0.2, 0.25) is 5.91 Å². The molecule has 78 valence electrons. The van der Waals surface area contributed by atoms with Crippen molar-refractivity contribution in [2.45, 2.75) is 6.42 Å². The molecule has 0 aromatic heterocycles. The molecule has 2 N–H and O–H groups in total. The number of hydrogen-bond donors (Lipinski definition) is 2. The molecule has 1 amide bonds. The molecule has 0 atom stereocenters. The predicted octanol–water partition coefficient (Wildman–Crippen LogP) is 1.11. The lowest BCUT2D eigenvalue weighted by molar-refractivity contribution is -0.120.